The van der Waals surface area contributed by atoms with Gasteiger partial charge in [-0.15, -0.1) is 0 Å². The molecule has 0 bridgehead atoms. The molecule has 1 amide bonds. The zero-order valence-electron chi connectivity index (χ0n) is 14.8. The van der Waals surface area contributed by atoms with Gasteiger partial charge >= 0.3 is 12.1 Å². The van der Waals surface area contributed by atoms with Crippen molar-refractivity contribution in [3.05, 3.63) is 77.9 Å². The quantitative estimate of drug-likeness (QED) is 0.638. The van der Waals surface area contributed by atoms with Crippen molar-refractivity contribution in [1.82, 2.24) is 0 Å². The Balaban J connectivity index is 1.75. The van der Waals surface area contributed by atoms with Crippen LogP contribution in [0.5, 0.6) is 0 Å². The number of fused-ring (bicyclic) bond motifs is 1. The molecule has 144 valence electrons. The number of para-hydroxylation sites is 1. The number of alkyl halides is 3. The smallest absolute Gasteiger partial charge is 0.418 e. The zero-order chi connectivity index (χ0) is 20.3. The average molecular weight is 387 g/mol. The summed E-state index contributed by atoms with van der Waals surface area (Å²) in [4.78, 5) is 24.7. The van der Waals surface area contributed by atoms with E-state index in [-0.39, 0.29) is 5.56 Å². The van der Waals surface area contributed by atoms with E-state index in [2.05, 4.69) is 5.32 Å². The number of halogens is 3. The van der Waals surface area contributed by atoms with Crippen molar-refractivity contribution in [2.45, 2.75) is 19.2 Å². The summed E-state index contributed by atoms with van der Waals surface area (Å²) in [5.41, 5.74) is -1.10. The third kappa shape index (κ3) is 4.14. The van der Waals surface area contributed by atoms with E-state index in [1.807, 2.05) is 18.2 Å². The van der Waals surface area contributed by atoms with Gasteiger partial charge < -0.3 is 10.1 Å². The molecular formula is C21H16F3NO3. The van der Waals surface area contributed by atoms with Crippen LogP contribution in [0.25, 0.3) is 10.8 Å². The number of amides is 1. The second kappa shape index (κ2) is 7.72. The molecule has 3 aromatic rings. The van der Waals surface area contributed by atoms with E-state index in [0.29, 0.717) is 5.39 Å². The second-order valence-electron chi connectivity index (χ2n) is 6.11. The van der Waals surface area contributed by atoms with E-state index in [9.17, 15) is 22.8 Å². The Labute approximate surface area is 158 Å². The molecule has 0 aromatic heterocycles. The van der Waals surface area contributed by atoms with Gasteiger partial charge in [0.2, 0.25) is 0 Å². The first-order valence-electron chi connectivity index (χ1n) is 8.43. The molecule has 0 saturated carbocycles. The van der Waals surface area contributed by atoms with Gasteiger partial charge in [0.1, 0.15) is 0 Å². The Morgan fingerprint density at radius 2 is 1.57 bits per heavy atom. The zero-order valence-corrected chi connectivity index (χ0v) is 14.8. The molecule has 0 fully saturated rings. The number of carbonyl (C=O) groups excluding carboxylic acids is 2. The number of hydrogen-bond acceptors (Lipinski definition) is 3. The van der Waals surface area contributed by atoms with Crippen LogP contribution in [-0.2, 0) is 15.7 Å². The Kier molecular flexibility index (Phi) is 5.35. The molecule has 0 aliphatic rings. The fourth-order valence-electron chi connectivity index (χ4n) is 2.75. The maximum atomic E-state index is 13.0. The Hall–Kier alpha value is -3.35. The van der Waals surface area contributed by atoms with Crippen LogP contribution in [0.15, 0.2) is 66.7 Å². The summed E-state index contributed by atoms with van der Waals surface area (Å²) in [5, 5.41) is 3.66. The highest BCUT2D eigenvalue weighted by Crippen LogP contribution is 2.34. The van der Waals surface area contributed by atoms with Crippen molar-refractivity contribution in [2.75, 3.05) is 5.32 Å². The second-order valence-corrected chi connectivity index (χ2v) is 6.11. The molecule has 0 spiro atoms. The first-order chi connectivity index (χ1) is 13.3. The minimum Gasteiger partial charge on any atom is -0.449 e. The van der Waals surface area contributed by atoms with Crippen LogP contribution in [0.2, 0.25) is 0 Å². The standard InChI is InChI=1S/C21H16F3NO3/c1-13(19(26)25-18-12-5-4-11-17(18)21(22,23)24)28-20(27)16-10-6-8-14-7-2-3-9-15(14)16/h2-13H,1H3,(H,25,26)/t13-/m0/s1. The predicted octanol–water partition coefficient (Wildman–Crippen LogP) is 5.04. The molecule has 4 nitrogen and oxygen atoms in total. The summed E-state index contributed by atoms with van der Waals surface area (Å²) in [6.45, 7) is 1.30. The van der Waals surface area contributed by atoms with Crippen LogP contribution < -0.4 is 5.32 Å². The molecule has 1 N–H and O–H groups in total. The Bertz CT molecular complexity index is 1030. The normalized spacial score (nSPS) is 12.4. The third-order valence-electron chi connectivity index (χ3n) is 4.15. The van der Waals surface area contributed by atoms with Crippen molar-refractivity contribution in [1.29, 1.82) is 0 Å². The van der Waals surface area contributed by atoms with E-state index in [1.54, 1.807) is 24.3 Å². The molecule has 7 heteroatoms. The van der Waals surface area contributed by atoms with E-state index >= 15 is 0 Å². The van der Waals surface area contributed by atoms with Crippen molar-refractivity contribution in [3.63, 3.8) is 0 Å². The maximum absolute atomic E-state index is 13.0. The van der Waals surface area contributed by atoms with Gasteiger partial charge in [0.25, 0.3) is 5.91 Å². The predicted molar refractivity (Wildman–Crippen MR) is 98.9 cm³/mol. The number of hydrogen-bond donors (Lipinski definition) is 1. The van der Waals surface area contributed by atoms with Gasteiger partial charge in [0, 0.05) is 0 Å². The minimum atomic E-state index is -4.62. The van der Waals surface area contributed by atoms with Crippen LogP contribution in [0.4, 0.5) is 18.9 Å². The van der Waals surface area contributed by atoms with Gasteiger partial charge in [0.05, 0.1) is 16.8 Å². The molecule has 28 heavy (non-hydrogen) atoms. The molecule has 3 rings (SSSR count). The highest BCUT2D eigenvalue weighted by molar-refractivity contribution is 6.05. The number of carbonyl (C=O) groups is 2. The minimum absolute atomic E-state index is 0.272. The molecule has 0 unspecified atom stereocenters. The van der Waals surface area contributed by atoms with Crippen molar-refractivity contribution in [3.8, 4) is 0 Å². The highest BCUT2D eigenvalue weighted by Gasteiger charge is 2.34. The SMILES string of the molecule is C[C@H](OC(=O)c1cccc2ccccc12)C(=O)Nc1ccccc1C(F)(F)F. The summed E-state index contributed by atoms with van der Waals surface area (Å²) in [6, 6.07) is 16.8. The van der Waals surface area contributed by atoms with Crippen molar-refractivity contribution >= 4 is 28.3 Å². The van der Waals surface area contributed by atoms with Crippen LogP contribution >= 0.6 is 0 Å². The molecule has 0 heterocycles. The summed E-state index contributed by atoms with van der Waals surface area (Å²) >= 11 is 0. The fraction of sp³-hybridized carbons (Fsp3) is 0.143. The first kappa shape index (κ1) is 19.4. The lowest BCUT2D eigenvalue weighted by Gasteiger charge is -2.17. The highest BCUT2D eigenvalue weighted by atomic mass is 19.4. The number of rotatable bonds is 4. The lowest BCUT2D eigenvalue weighted by Crippen LogP contribution is -2.30. The molecule has 0 aliphatic heterocycles. The third-order valence-corrected chi connectivity index (χ3v) is 4.15. The number of anilines is 1. The summed E-state index contributed by atoms with van der Waals surface area (Å²) in [6.07, 6.45) is -5.90. The van der Waals surface area contributed by atoms with Crippen molar-refractivity contribution < 1.29 is 27.5 Å². The largest absolute Gasteiger partial charge is 0.449 e. The van der Waals surface area contributed by atoms with Crippen LogP contribution in [-0.4, -0.2) is 18.0 Å². The number of ether oxygens (including phenoxy) is 1. The lowest BCUT2D eigenvalue weighted by molar-refractivity contribution is -0.137. The topological polar surface area (TPSA) is 55.4 Å². The number of esters is 1. The molecule has 0 saturated heterocycles. The van der Waals surface area contributed by atoms with Gasteiger partial charge in [-0.1, -0.05) is 48.5 Å². The fourth-order valence-corrected chi connectivity index (χ4v) is 2.75. The first-order valence-corrected chi connectivity index (χ1v) is 8.43. The van der Waals surface area contributed by atoms with Gasteiger partial charge in [-0.3, -0.25) is 4.79 Å². The van der Waals surface area contributed by atoms with Gasteiger partial charge in [-0.25, -0.2) is 4.79 Å². The molecule has 1 atom stereocenters. The van der Waals surface area contributed by atoms with Crippen LogP contribution in [0.1, 0.15) is 22.8 Å². The van der Waals surface area contributed by atoms with Crippen LogP contribution in [0, 0.1) is 0 Å². The number of nitrogens with one attached hydrogen (secondary N) is 1. The van der Waals surface area contributed by atoms with Crippen LogP contribution in [0.3, 0.4) is 0 Å². The summed E-state index contributed by atoms with van der Waals surface area (Å²) < 4.78 is 44.3. The summed E-state index contributed by atoms with van der Waals surface area (Å²) in [5.74, 6) is -1.59. The Morgan fingerprint density at radius 1 is 0.929 bits per heavy atom. The Morgan fingerprint density at radius 3 is 2.32 bits per heavy atom. The molecular weight excluding hydrogens is 371 g/mol. The maximum Gasteiger partial charge on any atom is 0.418 e. The number of benzene rings is 3. The molecule has 0 aliphatic carbocycles. The van der Waals surface area contributed by atoms with E-state index in [4.69, 9.17) is 4.74 Å². The lowest BCUT2D eigenvalue weighted by atomic mass is 10.0. The van der Waals surface area contributed by atoms with E-state index in [1.165, 1.54) is 19.1 Å². The van der Waals surface area contributed by atoms with Gasteiger partial charge in [0.15, 0.2) is 6.10 Å². The van der Waals surface area contributed by atoms with Gasteiger partial charge in [-0.05, 0) is 35.9 Å². The summed E-state index contributed by atoms with van der Waals surface area (Å²) in [7, 11) is 0. The van der Waals surface area contributed by atoms with Crippen molar-refractivity contribution in [2.24, 2.45) is 0 Å². The van der Waals surface area contributed by atoms with Gasteiger partial charge in [-0.2, -0.15) is 13.2 Å². The average Bonchev–Trinajstić information content (AvgIpc) is 2.67. The molecule has 3 aromatic carbocycles. The van der Waals surface area contributed by atoms with E-state index < -0.39 is 35.4 Å². The molecule has 0 radical (unpaired) electrons. The monoisotopic (exact) mass is 387 g/mol. The van der Waals surface area contributed by atoms with E-state index in [0.717, 1.165) is 17.5 Å².